The summed E-state index contributed by atoms with van der Waals surface area (Å²) in [6.45, 7) is 20.1. The van der Waals surface area contributed by atoms with Crippen molar-refractivity contribution in [1.82, 2.24) is 10.6 Å². The molecular formula is C46H70N2O5. The number of rotatable bonds is 3. The van der Waals surface area contributed by atoms with E-state index in [1.54, 1.807) is 6.08 Å². The van der Waals surface area contributed by atoms with E-state index >= 15 is 0 Å². The van der Waals surface area contributed by atoms with E-state index in [-0.39, 0.29) is 68.5 Å². The number of fused-ring (bicyclic) bond motifs is 10. The molecule has 1 unspecified atom stereocenters. The molecule has 0 bridgehead atoms. The highest BCUT2D eigenvalue weighted by Crippen LogP contribution is 2.71. The molecule has 0 aromatic heterocycles. The zero-order valence-electron chi connectivity index (χ0n) is 34.5. The van der Waals surface area contributed by atoms with E-state index < -0.39 is 0 Å². The molecule has 0 saturated heterocycles. The Morgan fingerprint density at radius 1 is 0.811 bits per heavy atom. The summed E-state index contributed by atoms with van der Waals surface area (Å²) in [4.78, 5) is 48.9. The molecule has 8 aliphatic rings. The maximum atomic E-state index is 13.2. The van der Waals surface area contributed by atoms with Crippen molar-refractivity contribution in [1.29, 1.82) is 0 Å². The topological polar surface area (TPSA) is 102 Å². The van der Waals surface area contributed by atoms with Gasteiger partial charge in [-0.05, 0) is 162 Å². The summed E-state index contributed by atoms with van der Waals surface area (Å²) in [6.07, 6.45) is 21.9. The second kappa shape index (κ2) is 13.4. The summed E-state index contributed by atoms with van der Waals surface area (Å²) in [5.41, 5.74) is 1.95. The van der Waals surface area contributed by atoms with Crippen molar-refractivity contribution < 1.29 is 23.9 Å². The molecule has 6 fully saturated rings. The number of carbonyl (C=O) groups is 4. The summed E-state index contributed by atoms with van der Waals surface area (Å²) >= 11 is 0. The first kappa shape index (κ1) is 38.8. The van der Waals surface area contributed by atoms with E-state index in [9.17, 15) is 19.2 Å². The van der Waals surface area contributed by atoms with Crippen LogP contribution in [0.4, 0.5) is 0 Å². The fourth-order valence-electron chi connectivity index (χ4n) is 14.6. The minimum Gasteiger partial charge on any atom is -0.462 e. The molecule has 2 amide bonds. The Hall–Kier alpha value is -2.44. The van der Waals surface area contributed by atoms with Crippen LogP contribution in [0.5, 0.6) is 0 Å². The van der Waals surface area contributed by atoms with Gasteiger partial charge in [-0.2, -0.15) is 0 Å². The van der Waals surface area contributed by atoms with Crippen molar-refractivity contribution in [3.63, 3.8) is 0 Å². The Bertz CT molecular complexity index is 1570. The lowest BCUT2D eigenvalue weighted by Gasteiger charge is -2.63. The lowest BCUT2D eigenvalue weighted by atomic mass is 9.42. The third-order valence-electron chi connectivity index (χ3n) is 17.8. The number of hydrogen-bond donors (Lipinski definition) is 2. The molecule has 2 N–H and O–H groups in total. The summed E-state index contributed by atoms with van der Waals surface area (Å²) in [6, 6.07) is 0.264. The first-order valence-corrected chi connectivity index (χ1v) is 21.5. The van der Waals surface area contributed by atoms with Crippen LogP contribution in [-0.2, 0) is 23.9 Å². The van der Waals surface area contributed by atoms with E-state index in [1.807, 2.05) is 13.0 Å². The van der Waals surface area contributed by atoms with Crippen LogP contribution in [-0.4, -0.2) is 41.3 Å². The van der Waals surface area contributed by atoms with Gasteiger partial charge in [0.15, 0.2) is 5.78 Å². The molecule has 13 atom stereocenters. The van der Waals surface area contributed by atoms with Crippen LogP contribution in [0.2, 0.25) is 0 Å². The van der Waals surface area contributed by atoms with Gasteiger partial charge in [-0.25, -0.2) is 0 Å². The molecule has 0 aromatic rings. The number of allylic oxidation sites excluding steroid dienone is 1. The van der Waals surface area contributed by atoms with Gasteiger partial charge in [0, 0.05) is 41.2 Å². The molecule has 8 rings (SSSR count). The molecule has 7 heteroatoms. The molecule has 7 aliphatic carbocycles. The van der Waals surface area contributed by atoms with Gasteiger partial charge in [0.05, 0.1) is 0 Å². The van der Waals surface area contributed by atoms with Crippen LogP contribution >= 0.6 is 0 Å². The largest absolute Gasteiger partial charge is 0.462 e. The van der Waals surface area contributed by atoms with Crippen LogP contribution in [0, 0.1) is 62.6 Å². The van der Waals surface area contributed by atoms with Gasteiger partial charge in [-0.3, -0.25) is 19.2 Å². The number of ketones is 1. The average Bonchev–Trinajstić information content (AvgIpc) is 3.57. The smallest absolute Gasteiger partial charge is 0.305 e. The van der Waals surface area contributed by atoms with Crippen molar-refractivity contribution in [2.75, 3.05) is 0 Å². The lowest BCUT2D eigenvalue weighted by molar-refractivity contribution is -0.159. The monoisotopic (exact) mass is 731 g/mol. The number of nitrogens with one attached hydrogen (secondary N) is 2. The maximum Gasteiger partial charge on any atom is 0.305 e. The average molecular weight is 731 g/mol. The maximum absolute atomic E-state index is 13.2. The molecule has 0 spiro atoms. The highest BCUT2D eigenvalue weighted by molar-refractivity contribution is 5.91. The van der Waals surface area contributed by atoms with Gasteiger partial charge in [-0.15, -0.1) is 0 Å². The minimum absolute atomic E-state index is 0.0411. The Balaban J connectivity index is 0.000000165. The van der Waals surface area contributed by atoms with E-state index in [4.69, 9.17) is 4.74 Å². The predicted molar refractivity (Wildman–Crippen MR) is 208 cm³/mol. The van der Waals surface area contributed by atoms with Crippen molar-refractivity contribution in [2.45, 2.75) is 176 Å². The molecule has 6 saturated carbocycles. The van der Waals surface area contributed by atoms with E-state index in [1.165, 1.54) is 31.3 Å². The first-order chi connectivity index (χ1) is 24.8. The van der Waals surface area contributed by atoms with Crippen molar-refractivity contribution >= 4 is 23.6 Å². The summed E-state index contributed by atoms with van der Waals surface area (Å²) in [7, 11) is 0. The normalized spacial score (nSPS) is 46.8. The fourth-order valence-corrected chi connectivity index (χ4v) is 14.6. The van der Waals surface area contributed by atoms with E-state index in [2.05, 4.69) is 72.1 Å². The Kier molecular flexibility index (Phi) is 9.78. The van der Waals surface area contributed by atoms with Crippen LogP contribution in [0.1, 0.15) is 159 Å². The molecule has 0 aromatic carbocycles. The van der Waals surface area contributed by atoms with Gasteiger partial charge in [0.25, 0.3) is 0 Å². The van der Waals surface area contributed by atoms with Gasteiger partial charge in [-0.1, -0.05) is 53.2 Å². The lowest BCUT2D eigenvalue weighted by Crippen LogP contribution is -2.62. The highest BCUT2D eigenvalue weighted by Gasteiger charge is 2.66. The first-order valence-electron chi connectivity index (χ1n) is 21.5. The third-order valence-corrected chi connectivity index (χ3v) is 17.8. The Morgan fingerprint density at radius 2 is 1.51 bits per heavy atom. The SMILES string of the molecule is CC(C)(C)NC(=O)C1CC[C@@]2(C)[C@@H]3CC[C@H]4NC(=O)C=C[C@]4(C)[C@H]3CC[C@]12C.CCC(=O)O[C@H]1CC[C@H]2[C@@H]3CCC4=CC(=O)CC[C@]4(C)[C@H]3CC[C@]12C. The third kappa shape index (κ3) is 6.19. The second-order valence-electron chi connectivity index (χ2n) is 21.2. The van der Waals surface area contributed by atoms with Gasteiger partial charge >= 0.3 is 5.97 Å². The number of ether oxygens (including phenoxy) is 1. The van der Waals surface area contributed by atoms with Crippen LogP contribution in [0.3, 0.4) is 0 Å². The standard InChI is InChI=1S/C24H38N2O2.C22H32O3/c1-21(2,3)26-20(28)17-10-14-23(5)16-7-8-18-22(4,12-11-19(27)25-18)15(16)9-13-24(17,23)6;1-4-20(24)25-19-8-7-17-16-6-5-14-13-15(23)9-11-21(14,2)18(16)10-12-22(17,19)3/h11-12,15-18H,7-10,13-14H2,1-6H3,(H,25,27)(H,26,28);13,16-19H,4-12H2,1-3H3/t15-,16+,17?,18+,22+,23-,24+;16-,17-,18-,19-,21-,22-/m00/s1. The summed E-state index contributed by atoms with van der Waals surface area (Å²) in [5.74, 6) is 4.06. The molecule has 53 heavy (non-hydrogen) atoms. The zero-order chi connectivity index (χ0) is 38.4. The number of amides is 2. The minimum atomic E-state index is -0.180. The number of hydrogen-bond acceptors (Lipinski definition) is 5. The summed E-state index contributed by atoms with van der Waals surface area (Å²) in [5, 5.41) is 6.51. The van der Waals surface area contributed by atoms with Crippen molar-refractivity contribution in [3.8, 4) is 0 Å². The van der Waals surface area contributed by atoms with Gasteiger partial charge in [0.1, 0.15) is 6.10 Å². The molecular weight excluding hydrogens is 661 g/mol. The quantitative estimate of drug-likeness (QED) is 0.282. The van der Waals surface area contributed by atoms with Gasteiger partial charge in [0.2, 0.25) is 11.8 Å². The predicted octanol–water partition coefficient (Wildman–Crippen LogP) is 9.04. The van der Waals surface area contributed by atoms with Gasteiger partial charge < -0.3 is 15.4 Å². The highest BCUT2D eigenvalue weighted by atomic mass is 16.5. The molecule has 1 aliphatic heterocycles. The Labute approximate surface area is 320 Å². The number of esters is 1. The van der Waals surface area contributed by atoms with Crippen LogP contribution < -0.4 is 10.6 Å². The molecule has 0 radical (unpaired) electrons. The van der Waals surface area contributed by atoms with Crippen LogP contribution in [0.25, 0.3) is 0 Å². The molecule has 294 valence electrons. The van der Waals surface area contributed by atoms with E-state index in [0.717, 1.165) is 70.1 Å². The van der Waals surface area contributed by atoms with Crippen molar-refractivity contribution in [3.05, 3.63) is 23.8 Å². The summed E-state index contributed by atoms with van der Waals surface area (Å²) < 4.78 is 5.86. The zero-order valence-corrected chi connectivity index (χ0v) is 34.5. The van der Waals surface area contributed by atoms with Crippen LogP contribution in [0.15, 0.2) is 23.8 Å². The van der Waals surface area contributed by atoms with E-state index in [0.29, 0.717) is 35.9 Å². The molecule has 1 heterocycles. The van der Waals surface area contributed by atoms with Crippen molar-refractivity contribution in [2.24, 2.45) is 62.6 Å². The molecule has 7 nitrogen and oxygen atoms in total. The Morgan fingerprint density at radius 3 is 2.23 bits per heavy atom. The second-order valence-corrected chi connectivity index (χ2v) is 21.2. The fraction of sp³-hybridized carbons (Fsp3) is 0.826. The number of carbonyl (C=O) groups excluding carboxylic acids is 4.